The average Bonchev–Trinajstić information content (AvgIpc) is 1.21. The van der Waals surface area contributed by atoms with Crippen molar-refractivity contribution < 1.29 is 24.3 Å². The van der Waals surface area contributed by atoms with Gasteiger partial charge in [0.1, 0.15) is 0 Å². The normalized spacial score (nSPS) is 11.2. The average molecular weight is 137 g/mol. The van der Waals surface area contributed by atoms with Crippen LogP contribution >= 0.6 is 7.60 Å². The number of hydrogen-bond acceptors (Lipinski definition) is 5. The highest BCUT2D eigenvalue weighted by atomic mass is 31.2. The summed E-state index contributed by atoms with van der Waals surface area (Å²) < 4.78 is 9.49. The summed E-state index contributed by atoms with van der Waals surface area (Å²) in [6.07, 6.45) is -1.42. The fraction of sp³-hybridized carbons (Fsp3) is 0.500. The van der Waals surface area contributed by atoms with Gasteiger partial charge in [0.2, 0.25) is 0 Å². The maximum atomic E-state index is 9.49. The van der Waals surface area contributed by atoms with Crippen LogP contribution in [0.4, 0.5) is 0 Å². The van der Waals surface area contributed by atoms with Crippen molar-refractivity contribution in [2.45, 2.75) is 0 Å². The van der Waals surface area contributed by atoms with Crippen molar-refractivity contribution in [3.63, 3.8) is 0 Å². The Morgan fingerprint density at radius 1 is 1.50 bits per heavy atom. The quantitative estimate of drug-likeness (QED) is 0.370. The van der Waals surface area contributed by atoms with Crippen LogP contribution in [0.1, 0.15) is 0 Å². The molecule has 0 rings (SSSR count). The van der Waals surface area contributed by atoms with Gasteiger partial charge in [-0.25, -0.2) is 0 Å². The van der Waals surface area contributed by atoms with Crippen LogP contribution in [0.25, 0.3) is 0 Å². The Kier molecular flexibility index (Phi) is 2.15. The molecule has 0 aromatic rings. The van der Waals surface area contributed by atoms with Gasteiger partial charge >= 0.3 is 0 Å². The van der Waals surface area contributed by atoms with Crippen LogP contribution in [0.2, 0.25) is 0 Å². The SMILES string of the molecule is O=C([O-])CP(=O)([O-])[O-]. The van der Waals surface area contributed by atoms with Gasteiger partial charge in [-0.05, 0) is 0 Å². The Labute approximate surface area is 45.1 Å². The Morgan fingerprint density at radius 3 is 1.88 bits per heavy atom. The van der Waals surface area contributed by atoms with Gasteiger partial charge in [0, 0.05) is 12.1 Å². The van der Waals surface area contributed by atoms with Crippen LogP contribution in [0.5, 0.6) is 0 Å². The second-order valence-corrected chi connectivity index (χ2v) is 2.68. The fourth-order valence-electron chi connectivity index (χ4n) is 0.158. The Morgan fingerprint density at radius 2 is 1.88 bits per heavy atom. The van der Waals surface area contributed by atoms with E-state index >= 15 is 0 Å². The van der Waals surface area contributed by atoms with Gasteiger partial charge < -0.3 is 24.3 Å². The number of carboxylic acid groups (broad SMARTS) is 1. The van der Waals surface area contributed by atoms with E-state index in [9.17, 15) is 24.3 Å². The first-order valence-corrected chi connectivity index (χ1v) is 3.35. The molecule has 0 unspecified atom stereocenters. The molecule has 0 amide bonds. The second kappa shape index (κ2) is 2.26. The number of hydrogen-bond donors (Lipinski definition) is 0. The van der Waals surface area contributed by atoms with Crippen molar-refractivity contribution in [3.05, 3.63) is 0 Å². The van der Waals surface area contributed by atoms with E-state index in [1.807, 2.05) is 0 Å². The lowest BCUT2D eigenvalue weighted by Crippen LogP contribution is -2.31. The molecule has 0 spiro atoms. The van der Waals surface area contributed by atoms with Crippen LogP contribution < -0.4 is 14.9 Å². The molecule has 0 aliphatic rings. The fourth-order valence-corrected chi connectivity index (χ4v) is 0.474. The van der Waals surface area contributed by atoms with Gasteiger partial charge in [-0.3, -0.25) is 0 Å². The first-order valence-electron chi connectivity index (χ1n) is 1.63. The van der Waals surface area contributed by atoms with E-state index in [-0.39, 0.29) is 0 Å². The summed E-state index contributed by atoms with van der Waals surface area (Å²) in [6, 6.07) is 0. The van der Waals surface area contributed by atoms with E-state index < -0.39 is 19.7 Å². The Hall–Kier alpha value is -0.380. The van der Waals surface area contributed by atoms with Gasteiger partial charge in [-0.1, -0.05) is 7.60 Å². The highest BCUT2D eigenvalue weighted by molar-refractivity contribution is 7.49. The van der Waals surface area contributed by atoms with Gasteiger partial charge in [0.05, 0.1) is 0 Å². The number of carbonyl (C=O) groups is 1. The first-order chi connectivity index (χ1) is 3.42. The van der Waals surface area contributed by atoms with Crippen LogP contribution in [0, 0.1) is 0 Å². The number of rotatable bonds is 2. The van der Waals surface area contributed by atoms with Crippen molar-refractivity contribution in [1.29, 1.82) is 0 Å². The minimum Gasteiger partial charge on any atom is -0.810 e. The maximum absolute atomic E-state index is 9.49. The second-order valence-electron chi connectivity index (χ2n) is 1.14. The van der Waals surface area contributed by atoms with E-state index in [0.717, 1.165) is 0 Å². The Bertz CT molecular complexity index is 133. The third-order valence-electron chi connectivity index (χ3n) is 0.323. The number of aliphatic carboxylic acids is 1. The molecule has 48 valence electrons. The molecule has 0 N–H and O–H groups in total. The minimum atomic E-state index is -4.88. The number of carbonyl (C=O) groups excluding carboxylic acids is 1. The zero-order valence-corrected chi connectivity index (χ0v) is 4.59. The highest BCUT2D eigenvalue weighted by Gasteiger charge is 1.88. The molecule has 5 nitrogen and oxygen atoms in total. The highest BCUT2D eigenvalue weighted by Crippen LogP contribution is 2.20. The maximum Gasteiger partial charge on any atom is 0.0464 e. The molecule has 0 aromatic heterocycles. The summed E-state index contributed by atoms with van der Waals surface area (Å²) in [4.78, 5) is 28.3. The standard InChI is InChI=1S/C2H5O5P/c3-2(4)1-8(5,6)7/h1H2,(H,3,4)(H2,5,6,7)/p-3. The summed E-state index contributed by atoms with van der Waals surface area (Å²) in [5, 5.41) is 9.33. The number of carboxylic acids is 1. The lowest BCUT2D eigenvalue weighted by atomic mass is 10.8. The topological polar surface area (TPSA) is 103 Å². The predicted molar refractivity (Wildman–Crippen MR) is 17.5 cm³/mol. The van der Waals surface area contributed by atoms with Gasteiger partial charge in [0.15, 0.2) is 0 Å². The molecule has 0 saturated heterocycles. The van der Waals surface area contributed by atoms with Crippen molar-refractivity contribution in [2.24, 2.45) is 0 Å². The monoisotopic (exact) mass is 137 g/mol. The predicted octanol–water partition coefficient (Wildman–Crippen LogP) is -3.35. The molecule has 0 atom stereocenters. The largest absolute Gasteiger partial charge is 0.810 e. The van der Waals surface area contributed by atoms with Gasteiger partial charge in [-0.15, -0.1) is 0 Å². The lowest BCUT2D eigenvalue weighted by Gasteiger charge is -2.29. The summed E-state index contributed by atoms with van der Waals surface area (Å²) in [5.41, 5.74) is 0. The first kappa shape index (κ1) is 7.62. The summed E-state index contributed by atoms with van der Waals surface area (Å²) in [6.45, 7) is 0. The lowest BCUT2D eigenvalue weighted by molar-refractivity contribution is -0.322. The van der Waals surface area contributed by atoms with Crippen LogP contribution in [-0.4, -0.2) is 12.1 Å². The van der Waals surface area contributed by atoms with Crippen LogP contribution in [-0.2, 0) is 9.36 Å². The van der Waals surface area contributed by atoms with Crippen LogP contribution in [0.3, 0.4) is 0 Å². The molecule has 0 bridgehead atoms. The molecule has 8 heavy (non-hydrogen) atoms. The van der Waals surface area contributed by atoms with Crippen molar-refractivity contribution in [3.8, 4) is 0 Å². The molecular weight excluding hydrogens is 135 g/mol. The van der Waals surface area contributed by atoms with E-state index in [1.165, 1.54) is 0 Å². The molecule has 0 saturated carbocycles. The van der Waals surface area contributed by atoms with E-state index in [4.69, 9.17) is 0 Å². The molecule has 0 radical (unpaired) electrons. The smallest absolute Gasteiger partial charge is 0.0464 e. The van der Waals surface area contributed by atoms with Crippen molar-refractivity contribution >= 4 is 13.6 Å². The molecular formula is C2H2O5P-3. The summed E-state index contributed by atoms with van der Waals surface area (Å²) in [7, 11) is -4.88. The molecule has 0 heterocycles. The van der Waals surface area contributed by atoms with Gasteiger partial charge in [-0.2, -0.15) is 0 Å². The van der Waals surface area contributed by atoms with Crippen molar-refractivity contribution in [1.82, 2.24) is 0 Å². The molecule has 0 fully saturated rings. The minimum absolute atomic E-state index is 1.42. The zero-order chi connectivity index (χ0) is 6.78. The van der Waals surface area contributed by atoms with Crippen molar-refractivity contribution in [2.75, 3.05) is 6.16 Å². The van der Waals surface area contributed by atoms with Gasteiger partial charge in [0.25, 0.3) is 0 Å². The summed E-state index contributed by atoms with van der Waals surface area (Å²) >= 11 is 0. The molecule has 6 heteroatoms. The van der Waals surface area contributed by atoms with E-state index in [0.29, 0.717) is 0 Å². The third-order valence-corrected chi connectivity index (χ3v) is 0.968. The molecule has 0 aromatic carbocycles. The molecule has 0 aliphatic heterocycles. The Balaban J connectivity index is 3.74. The van der Waals surface area contributed by atoms with E-state index in [1.54, 1.807) is 0 Å². The molecule has 0 aliphatic carbocycles. The third kappa shape index (κ3) is 5.62. The zero-order valence-electron chi connectivity index (χ0n) is 3.70. The van der Waals surface area contributed by atoms with E-state index in [2.05, 4.69) is 0 Å². The summed E-state index contributed by atoms with van der Waals surface area (Å²) in [5.74, 6) is -1.86. The van der Waals surface area contributed by atoms with Crippen LogP contribution in [0.15, 0.2) is 0 Å².